The molecule has 2 amide bonds. The number of nitrogens with one attached hydrogen (secondary N) is 2. The third-order valence-corrected chi connectivity index (χ3v) is 3.98. The molecule has 0 radical (unpaired) electrons. The van der Waals surface area contributed by atoms with E-state index in [0.29, 0.717) is 17.2 Å². The van der Waals surface area contributed by atoms with Gasteiger partial charge in [0, 0.05) is 17.2 Å². The molecule has 25 heavy (non-hydrogen) atoms. The van der Waals surface area contributed by atoms with E-state index < -0.39 is 17.9 Å². The number of hydrogen-bond acceptors (Lipinski definition) is 4. The molecule has 0 saturated heterocycles. The van der Waals surface area contributed by atoms with E-state index in [4.69, 9.17) is 9.84 Å². The minimum Gasteiger partial charge on any atom is -0.480 e. The lowest BCUT2D eigenvalue weighted by Crippen LogP contribution is -2.44. The van der Waals surface area contributed by atoms with Gasteiger partial charge in [-0.25, -0.2) is 4.79 Å². The van der Waals surface area contributed by atoms with Crippen LogP contribution in [0, 0.1) is 11.8 Å². The molecule has 1 fully saturated rings. The summed E-state index contributed by atoms with van der Waals surface area (Å²) in [6.07, 6.45) is 2.40. The van der Waals surface area contributed by atoms with Crippen molar-refractivity contribution in [3.63, 3.8) is 0 Å². The molecule has 0 bridgehead atoms. The van der Waals surface area contributed by atoms with Crippen LogP contribution in [0.25, 0.3) is 0 Å². The lowest BCUT2D eigenvalue weighted by molar-refractivity contribution is -0.140. The first-order chi connectivity index (χ1) is 11.9. The van der Waals surface area contributed by atoms with Crippen LogP contribution >= 0.6 is 0 Å². The normalized spacial score (nSPS) is 19.6. The standard InChI is InChI=1S/C18H22N2O5/c1-3-8-25-10-15(18(23)24)20-16(21)12-4-6-13(7-5-12)19-17(22)14-9-11(14)2/h3-7,11,14-15H,1,8-10H2,2H3,(H,19,22)(H,20,21)(H,23,24). The first-order valence-corrected chi connectivity index (χ1v) is 8.05. The molecular weight excluding hydrogens is 324 g/mol. The van der Waals surface area contributed by atoms with Crippen LogP contribution in [0.1, 0.15) is 23.7 Å². The molecule has 7 nitrogen and oxygen atoms in total. The lowest BCUT2D eigenvalue weighted by atomic mass is 10.1. The Hall–Kier alpha value is -2.67. The van der Waals surface area contributed by atoms with E-state index >= 15 is 0 Å². The quantitative estimate of drug-likeness (QED) is 0.466. The second-order valence-electron chi connectivity index (χ2n) is 6.08. The number of hydrogen-bond donors (Lipinski definition) is 3. The Morgan fingerprint density at radius 3 is 2.52 bits per heavy atom. The van der Waals surface area contributed by atoms with Gasteiger partial charge in [-0.05, 0) is 36.6 Å². The van der Waals surface area contributed by atoms with Gasteiger partial charge in [0.05, 0.1) is 13.2 Å². The van der Waals surface area contributed by atoms with Crippen molar-refractivity contribution in [3.05, 3.63) is 42.5 Å². The van der Waals surface area contributed by atoms with E-state index in [1.807, 2.05) is 6.92 Å². The van der Waals surface area contributed by atoms with Crippen LogP contribution in [0.15, 0.2) is 36.9 Å². The highest BCUT2D eigenvalue weighted by Gasteiger charge is 2.39. The molecule has 1 aliphatic carbocycles. The van der Waals surface area contributed by atoms with Gasteiger partial charge in [0.15, 0.2) is 6.04 Å². The average molecular weight is 346 g/mol. The van der Waals surface area contributed by atoms with Crippen molar-refractivity contribution >= 4 is 23.5 Å². The Balaban J connectivity index is 1.91. The average Bonchev–Trinajstić information content (AvgIpc) is 3.31. The highest BCUT2D eigenvalue weighted by molar-refractivity contribution is 5.98. The summed E-state index contributed by atoms with van der Waals surface area (Å²) >= 11 is 0. The van der Waals surface area contributed by atoms with Gasteiger partial charge in [0.2, 0.25) is 5.91 Å². The number of carbonyl (C=O) groups excluding carboxylic acids is 2. The second-order valence-corrected chi connectivity index (χ2v) is 6.08. The van der Waals surface area contributed by atoms with E-state index in [1.54, 1.807) is 12.1 Å². The van der Waals surface area contributed by atoms with Crippen LogP contribution in [-0.4, -0.2) is 42.1 Å². The topological polar surface area (TPSA) is 105 Å². The summed E-state index contributed by atoms with van der Waals surface area (Å²) in [5, 5.41) is 14.3. The number of aliphatic carboxylic acids is 1. The summed E-state index contributed by atoms with van der Waals surface area (Å²) in [5.74, 6) is -1.24. The van der Waals surface area contributed by atoms with Crippen LogP contribution in [0.2, 0.25) is 0 Å². The maximum absolute atomic E-state index is 12.1. The lowest BCUT2D eigenvalue weighted by Gasteiger charge is -2.14. The third kappa shape index (κ3) is 5.42. The smallest absolute Gasteiger partial charge is 0.328 e. The number of carbonyl (C=O) groups is 3. The zero-order valence-corrected chi connectivity index (χ0v) is 14.0. The largest absolute Gasteiger partial charge is 0.480 e. The zero-order chi connectivity index (χ0) is 18.4. The van der Waals surface area contributed by atoms with Gasteiger partial charge in [0.25, 0.3) is 5.91 Å². The van der Waals surface area contributed by atoms with Crippen molar-refractivity contribution in [1.29, 1.82) is 0 Å². The van der Waals surface area contributed by atoms with Gasteiger partial charge in [0.1, 0.15) is 0 Å². The number of benzene rings is 1. The van der Waals surface area contributed by atoms with Gasteiger partial charge < -0.3 is 20.5 Å². The molecule has 134 valence electrons. The third-order valence-electron chi connectivity index (χ3n) is 3.98. The van der Waals surface area contributed by atoms with Crippen molar-refractivity contribution in [2.24, 2.45) is 11.8 Å². The summed E-state index contributed by atoms with van der Waals surface area (Å²) in [6.45, 7) is 5.54. The van der Waals surface area contributed by atoms with Gasteiger partial charge in [-0.15, -0.1) is 6.58 Å². The van der Waals surface area contributed by atoms with E-state index in [-0.39, 0.29) is 25.0 Å². The summed E-state index contributed by atoms with van der Waals surface area (Å²) in [4.78, 5) is 35.2. The zero-order valence-electron chi connectivity index (χ0n) is 14.0. The molecule has 2 rings (SSSR count). The Morgan fingerprint density at radius 2 is 2.00 bits per heavy atom. The molecule has 1 saturated carbocycles. The molecule has 3 atom stereocenters. The molecule has 0 aliphatic heterocycles. The first kappa shape index (κ1) is 18.7. The van der Waals surface area contributed by atoms with Crippen molar-refractivity contribution in [1.82, 2.24) is 5.32 Å². The van der Waals surface area contributed by atoms with Crippen LogP contribution in [0.3, 0.4) is 0 Å². The number of ether oxygens (including phenoxy) is 1. The predicted molar refractivity (Wildman–Crippen MR) is 92.2 cm³/mol. The molecule has 1 aliphatic rings. The highest BCUT2D eigenvalue weighted by atomic mass is 16.5. The van der Waals surface area contributed by atoms with Gasteiger partial charge in [-0.2, -0.15) is 0 Å². The molecule has 0 spiro atoms. The fraction of sp³-hybridized carbons (Fsp3) is 0.389. The van der Waals surface area contributed by atoms with Crippen molar-refractivity contribution in [3.8, 4) is 0 Å². The molecule has 3 unspecified atom stereocenters. The van der Waals surface area contributed by atoms with Crippen LogP contribution < -0.4 is 10.6 Å². The Labute approximate surface area is 146 Å². The van der Waals surface area contributed by atoms with E-state index in [2.05, 4.69) is 17.2 Å². The van der Waals surface area contributed by atoms with E-state index in [0.717, 1.165) is 6.42 Å². The summed E-state index contributed by atoms with van der Waals surface area (Å²) < 4.78 is 5.08. The minimum atomic E-state index is -1.18. The van der Waals surface area contributed by atoms with Gasteiger partial charge >= 0.3 is 5.97 Å². The molecule has 3 N–H and O–H groups in total. The van der Waals surface area contributed by atoms with Crippen LogP contribution in [-0.2, 0) is 14.3 Å². The van der Waals surface area contributed by atoms with Gasteiger partial charge in [-0.3, -0.25) is 9.59 Å². The molecule has 0 heterocycles. The summed E-state index contributed by atoms with van der Waals surface area (Å²) in [6, 6.07) is 5.15. The maximum atomic E-state index is 12.1. The number of amides is 2. The fourth-order valence-electron chi connectivity index (χ4n) is 2.31. The van der Waals surface area contributed by atoms with Crippen molar-refractivity contribution in [2.45, 2.75) is 19.4 Å². The number of rotatable bonds is 9. The predicted octanol–water partition coefficient (Wildman–Crippen LogP) is 1.67. The number of anilines is 1. The second kappa shape index (κ2) is 8.43. The fourth-order valence-corrected chi connectivity index (χ4v) is 2.31. The molecular formula is C18H22N2O5. The number of carboxylic acids is 1. The molecule has 0 aromatic heterocycles. The summed E-state index contributed by atoms with van der Waals surface area (Å²) in [7, 11) is 0. The van der Waals surface area contributed by atoms with Crippen molar-refractivity contribution < 1.29 is 24.2 Å². The number of carboxylic acid groups (broad SMARTS) is 1. The Bertz CT molecular complexity index is 656. The molecule has 1 aromatic rings. The minimum absolute atomic E-state index is 0.0185. The Kier molecular flexibility index (Phi) is 6.30. The first-order valence-electron chi connectivity index (χ1n) is 8.05. The molecule has 1 aromatic carbocycles. The Morgan fingerprint density at radius 1 is 1.36 bits per heavy atom. The molecule has 7 heteroatoms. The monoisotopic (exact) mass is 346 g/mol. The SMILES string of the molecule is C=CCOCC(NC(=O)c1ccc(NC(=O)C2CC2C)cc1)C(=O)O. The summed E-state index contributed by atoms with van der Waals surface area (Å²) in [5.41, 5.74) is 0.900. The van der Waals surface area contributed by atoms with E-state index in [1.165, 1.54) is 18.2 Å². The maximum Gasteiger partial charge on any atom is 0.328 e. The van der Waals surface area contributed by atoms with Crippen LogP contribution in [0.5, 0.6) is 0 Å². The van der Waals surface area contributed by atoms with E-state index in [9.17, 15) is 14.4 Å². The van der Waals surface area contributed by atoms with Crippen molar-refractivity contribution in [2.75, 3.05) is 18.5 Å². The van der Waals surface area contributed by atoms with Crippen LogP contribution in [0.4, 0.5) is 5.69 Å². The highest BCUT2D eigenvalue weighted by Crippen LogP contribution is 2.38. The van der Waals surface area contributed by atoms with Gasteiger partial charge in [-0.1, -0.05) is 13.0 Å².